The van der Waals surface area contributed by atoms with Gasteiger partial charge in [-0.2, -0.15) is 5.10 Å². The lowest BCUT2D eigenvalue weighted by Gasteiger charge is -2.16. The van der Waals surface area contributed by atoms with E-state index in [0.29, 0.717) is 16.4 Å². The Bertz CT molecular complexity index is 1240. The van der Waals surface area contributed by atoms with Crippen LogP contribution in [0.15, 0.2) is 72.1 Å². The second kappa shape index (κ2) is 9.61. The van der Waals surface area contributed by atoms with E-state index in [1.165, 1.54) is 23.0 Å². The summed E-state index contributed by atoms with van der Waals surface area (Å²) in [6, 6.07) is 17.2. The maximum absolute atomic E-state index is 12.6. The van der Waals surface area contributed by atoms with Gasteiger partial charge in [0.15, 0.2) is 5.65 Å². The van der Waals surface area contributed by atoms with Crippen LogP contribution >= 0.6 is 11.8 Å². The lowest BCUT2D eigenvalue weighted by atomic mass is 10.2. The molecular formula is C23H22N6O2S. The van der Waals surface area contributed by atoms with Gasteiger partial charge in [0, 0.05) is 12.7 Å². The number of nitrogens with one attached hydrogen (secondary N) is 1. The summed E-state index contributed by atoms with van der Waals surface area (Å²) in [4.78, 5) is 34.9. The van der Waals surface area contributed by atoms with Crippen LogP contribution in [-0.2, 0) is 9.59 Å². The van der Waals surface area contributed by atoms with Gasteiger partial charge in [0.25, 0.3) is 0 Å². The molecule has 2 heterocycles. The average molecular weight is 447 g/mol. The van der Waals surface area contributed by atoms with Crippen molar-refractivity contribution in [2.75, 3.05) is 24.7 Å². The summed E-state index contributed by atoms with van der Waals surface area (Å²) < 4.78 is 1.74. The fourth-order valence-corrected chi connectivity index (χ4v) is 3.98. The molecule has 0 saturated heterocycles. The Morgan fingerprint density at radius 1 is 1.06 bits per heavy atom. The summed E-state index contributed by atoms with van der Waals surface area (Å²) in [6.07, 6.45) is 3.17. The number of fused-ring (bicyclic) bond motifs is 1. The molecule has 0 radical (unpaired) electrons. The van der Waals surface area contributed by atoms with Crippen LogP contribution in [0.2, 0.25) is 0 Å². The Balaban J connectivity index is 1.37. The zero-order chi connectivity index (χ0) is 22.5. The van der Waals surface area contributed by atoms with Crippen LogP contribution in [0.4, 0.5) is 5.69 Å². The van der Waals surface area contributed by atoms with Crippen molar-refractivity contribution in [3.63, 3.8) is 0 Å². The number of rotatable bonds is 7. The molecule has 0 fully saturated rings. The molecule has 0 aliphatic carbocycles. The number of hydrogen-bond acceptors (Lipinski definition) is 6. The van der Waals surface area contributed by atoms with Crippen LogP contribution in [0.1, 0.15) is 5.56 Å². The maximum Gasteiger partial charge on any atom is 0.243 e. The van der Waals surface area contributed by atoms with Crippen molar-refractivity contribution in [1.82, 2.24) is 24.6 Å². The second-order valence-electron chi connectivity index (χ2n) is 7.26. The maximum atomic E-state index is 12.6. The zero-order valence-corrected chi connectivity index (χ0v) is 18.5. The smallest absolute Gasteiger partial charge is 0.243 e. The van der Waals surface area contributed by atoms with Gasteiger partial charge in [0.2, 0.25) is 11.8 Å². The van der Waals surface area contributed by atoms with Crippen LogP contribution < -0.4 is 5.32 Å². The van der Waals surface area contributed by atoms with Gasteiger partial charge < -0.3 is 10.2 Å². The second-order valence-corrected chi connectivity index (χ2v) is 8.22. The molecule has 0 spiro atoms. The molecule has 9 heteroatoms. The lowest BCUT2D eigenvalue weighted by molar-refractivity contribution is -0.131. The number of aryl methyl sites for hydroxylation is 1. The summed E-state index contributed by atoms with van der Waals surface area (Å²) in [5.41, 5.74) is 3.38. The standard InChI is InChI=1S/C23H22N6O2S/c1-16-8-10-17(11-9-16)27-20(30)13-28(2)21(31)14-32-23-19-12-26-29(22(19)24-15-25-23)18-6-4-3-5-7-18/h3-12,15H,13-14H2,1-2H3,(H,27,30). The molecule has 0 unspecified atom stereocenters. The SMILES string of the molecule is Cc1ccc(NC(=O)CN(C)C(=O)CSc2ncnc3c2cnn3-c2ccccc2)cc1. The van der Waals surface area contributed by atoms with Gasteiger partial charge in [-0.05, 0) is 31.2 Å². The van der Waals surface area contributed by atoms with Crippen molar-refractivity contribution in [2.45, 2.75) is 11.9 Å². The molecule has 2 amide bonds. The van der Waals surface area contributed by atoms with E-state index in [-0.39, 0.29) is 24.1 Å². The Kier molecular flexibility index (Phi) is 6.46. The molecule has 8 nitrogen and oxygen atoms in total. The largest absolute Gasteiger partial charge is 0.336 e. The molecule has 4 rings (SSSR count). The fourth-order valence-electron chi connectivity index (χ4n) is 3.08. The topological polar surface area (TPSA) is 93.0 Å². The zero-order valence-electron chi connectivity index (χ0n) is 17.7. The number of carbonyl (C=O) groups excluding carboxylic acids is 2. The average Bonchev–Trinajstić information content (AvgIpc) is 3.24. The third-order valence-corrected chi connectivity index (χ3v) is 5.79. The Hall–Kier alpha value is -3.72. The first-order valence-corrected chi connectivity index (χ1v) is 11.0. The first-order chi connectivity index (χ1) is 15.5. The van der Waals surface area contributed by atoms with Crippen molar-refractivity contribution in [3.05, 3.63) is 72.7 Å². The number of likely N-dealkylation sites (N-methyl/N-ethyl adjacent to an activating group) is 1. The van der Waals surface area contributed by atoms with E-state index in [2.05, 4.69) is 20.4 Å². The summed E-state index contributed by atoms with van der Waals surface area (Å²) in [5.74, 6) is -0.267. The van der Waals surface area contributed by atoms with Crippen LogP contribution in [-0.4, -0.2) is 55.8 Å². The Morgan fingerprint density at radius 2 is 1.81 bits per heavy atom. The number of anilines is 1. The minimum Gasteiger partial charge on any atom is -0.336 e. The molecule has 2 aromatic carbocycles. The highest BCUT2D eigenvalue weighted by Crippen LogP contribution is 2.25. The summed E-state index contributed by atoms with van der Waals surface area (Å²) >= 11 is 1.30. The quantitative estimate of drug-likeness (QED) is 0.346. The molecule has 0 atom stereocenters. The first kappa shape index (κ1) is 21.5. The highest BCUT2D eigenvalue weighted by Gasteiger charge is 2.16. The molecular weight excluding hydrogens is 424 g/mol. The highest BCUT2D eigenvalue weighted by molar-refractivity contribution is 8.00. The van der Waals surface area contributed by atoms with Gasteiger partial charge in [0.1, 0.15) is 11.4 Å². The molecule has 0 bridgehead atoms. The van der Waals surface area contributed by atoms with Crippen LogP contribution in [0, 0.1) is 6.92 Å². The summed E-state index contributed by atoms with van der Waals surface area (Å²) in [7, 11) is 1.61. The molecule has 2 aromatic heterocycles. The van der Waals surface area contributed by atoms with Crippen molar-refractivity contribution in [3.8, 4) is 5.69 Å². The molecule has 32 heavy (non-hydrogen) atoms. The predicted octanol–water partition coefficient (Wildman–Crippen LogP) is 3.31. The van der Waals surface area contributed by atoms with Gasteiger partial charge in [-0.15, -0.1) is 0 Å². The molecule has 162 valence electrons. The molecule has 0 aliphatic heterocycles. The van der Waals surface area contributed by atoms with Crippen LogP contribution in [0.25, 0.3) is 16.7 Å². The van der Waals surface area contributed by atoms with E-state index in [1.807, 2.05) is 61.5 Å². The third kappa shape index (κ3) is 4.94. The minimum atomic E-state index is -0.247. The number of nitrogens with zero attached hydrogens (tertiary/aromatic N) is 5. The van der Waals surface area contributed by atoms with Crippen LogP contribution in [0.5, 0.6) is 0 Å². The first-order valence-electron chi connectivity index (χ1n) is 9.98. The van der Waals surface area contributed by atoms with Gasteiger partial charge in [0.05, 0.1) is 29.6 Å². The van der Waals surface area contributed by atoms with Gasteiger partial charge in [-0.3, -0.25) is 9.59 Å². The normalized spacial score (nSPS) is 10.8. The van der Waals surface area contributed by atoms with E-state index < -0.39 is 0 Å². The van der Waals surface area contributed by atoms with Crippen molar-refractivity contribution >= 4 is 40.3 Å². The van der Waals surface area contributed by atoms with Crippen LogP contribution in [0.3, 0.4) is 0 Å². The number of benzene rings is 2. The molecule has 0 saturated carbocycles. The fraction of sp³-hybridized carbons (Fsp3) is 0.174. The van der Waals surface area contributed by atoms with Gasteiger partial charge in [-0.1, -0.05) is 47.7 Å². The number of thioether (sulfide) groups is 1. The van der Waals surface area contributed by atoms with Crippen molar-refractivity contribution < 1.29 is 9.59 Å². The lowest BCUT2D eigenvalue weighted by Crippen LogP contribution is -2.35. The molecule has 0 aliphatic rings. The van der Waals surface area contributed by atoms with Gasteiger partial charge in [-0.25, -0.2) is 14.6 Å². The van der Waals surface area contributed by atoms with E-state index in [0.717, 1.165) is 16.6 Å². The number of para-hydroxylation sites is 1. The van der Waals surface area contributed by atoms with Gasteiger partial charge >= 0.3 is 0 Å². The van der Waals surface area contributed by atoms with E-state index in [4.69, 9.17) is 0 Å². The number of aromatic nitrogens is 4. The van der Waals surface area contributed by atoms with E-state index in [9.17, 15) is 9.59 Å². The molecule has 4 aromatic rings. The number of hydrogen-bond donors (Lipinski definition) is 1. The Morgan fingerprint density at radius 3 is 2.56 bits per heavy atom. The Labute approximate surface area is 189 Å². The van der Waals surface area contributed by atoms with Crippen molar-refractivity contribution in [1.29, 1.82) is 0 Å². The molecule has 1 N–H and O–H groups in total. The number of carbonyl (C=O) groups is 2. The monoisotopic (exact) mass is 446 g/mol. The third-order valence-electron chi connectivity index (χ3n) is 4.80. The summed E-state index contributed by atoms with van der Waals surface area (Å²) in [5, 5.41) is 8.67. The minimum absolute atomic E-state index is 0.0294. The predicted molar refractivity (Wildman–Crippen MR) is 125 cm³/mol. The summed E-state index contributed by atoms with van der Waals surface area (Å²) in [6.45, 7) is 1.95. The van der Waals surface area contributed by atoms with Crippen molar-refractivity contribution in [2.24, 2.45) is 0 Å². The van der Waals surface area contributed by atoms with E-state index >= 15 is 0 Å². The number of amides is 2. The van der Waals surface area contributed by atoms with E-state index in [1.54, 1.807) is 17.9 Å². The highest BCUT2D eigenvalue weighted by atomic mass is 32.2.